The molecule has 2 saturated heterocycles. The molecule has 4 heterocycles. The number of piperidine rings is 1. The van der Waals surface area contributed by atoms with Crippen LogP contribution in [-0.4, -0.2) is 89.5 Å². The number of ether oxygens (including phenoxy) is 2. The lowest BCUT2D eigenvalue weighted by atomic mass is 9.94. The van der Waals surface area contributed by atoms with Crippen molar-refractivity contribution in [2.75, 3.05) is 25.4 Å². The Kier molecular flexibility index (Phi) is 9.18. The molecule has 2 unspecified atom stereocenters. The van der Waals surface area contributed by atoms with Crippen molar-refractivity contribution in [1.29, 1.82) is 0 Å². The van der Waals surface area contributed by atoms with E-state index in [1.165, 1.54) is 23.0 Å². The van der Waals surface area contributed by atoms with Gasteiger partial charge in [0.25, 0.3) is 11.6 Å². The number of imidazole rings is 1. The highest BCUT2D eigenvalue weighted by atomic mass is 16.6. The molecule has 2 aliphatic heterocycles. The molecule has 44 heavy (non-hydrogen) atoms. The summed E-state index contributed by atoms with van der Waals surface area (Å²) in [6.07, 6.45) is -2.39. The van der Waals surface area contributed by atoms with Crippen LogP contribution in [0.15, 0.2) is 30.6 Å². The Balaban J connectivity index is 1.16. The number of nitrogen functional groups attached to an aromatic ring is 1. The van der Waals surface area contributed by atoms with Gasteiger partial charge in [0, 0.05) is 38.2 Å². The lowest BCUT2D eigenvalue weighted by Crippen LogP contribution is -2.42. The van der Waals surface area contributed by atoms with Crippen LogP contribution in [0.2, 0.25) is 0 Å². The largest absolute Gasteiger partial charge is 0.445 e. The van der Waals surface area contributed by atoms with E-state index in [-0.39, 0.29) is 41.0 Å². The van der Waals surface area contributed by atoms with E-state index >= 15 is 0 Å². The highest BCUT2D eigenvalue weighted by Crippen LogP contribution is 2.32. The van der Waals surface area contributed by atoms with Gasteiger partial charge in [-0.1, -0.05) is 5.92 Å². The number of non-ortho nitro benzene ring substituents is 1. The molecule has 2 amide bonds. The van der Waals surface area contributed by atoms with Crippen molar-refractivity contribution in [3.05, 3.63) is 52.1 Å². The van der Waals surface area contributed by atoms with E-state index in [0.717, 1.165) is 12.8 Å². The molecule has 232 valence electrons. The molecule has 4 atom stereocenters. The normalized spacial score (nSPS) is 21.9. The average Bonchev–Trinajstić information content (AvgIpc) is 3.57. The van der Waals surface area contributed by atoms with Crippen LogP contribution in [-0.2, 0) is 20.9 Å². The van der Waals surface area contributed by atoms with Gasteiger partial charge < -0.3 is 35.6 Å². The summed E-state index contributed by atoms with van der Waals surface area (Å²) in [5.74, 6) is 5.91. The Hall–Kier alpha value is -4.85. The Bertz CT molecular complexity index is 1590. The predicted molar refractivity (Wildman–Crippen MR) is 153 cm³/mol. The number of likely N-dealkylation sites (tertiary alicyclic amines) is 1. The van der Waals surface area contributed by atoms with E-state index in [1.807, 2.05) is 0 Å². The van der Waals surface area contributed by atoms with Gasteiger partial charge in [0.05, 0.1) is 11.3 Å². The van der Waals surface area contributed by atoms with Gasteiger partial charge in [-0.05, 0) is 49.3 Å². The van der Waals surface area contributed by atoms with Crippen molar-refractivity contribution in [1.82, 2.24) is 29.7 Å². The van der Waals surface area contributed by atoms with E-state index in [9.17, 15) is 29.9 Å². The molecule has 5 N–H and O–H groups in total. The summed E-state index contributed by atoms with van der Waals surface area (Å²) < 4.78 is 12.4. The fourth-order valence-corrected chi connectivity index (χ4v) is 5.11. The Labute approximate surface area is 251 Å². The van der Waals surface area contributed by atoms with Crippen molar-refractivity contribution in [2.24, 2.45) is 5.92 Å². The Morgan fingerprint density at radius 1 is 1.20 bits per heavy atom. The zero-order valence-corrected chi connectivity index (χ0v) is 23.8. The van der Waals surface area contributed by atoms with Crippen molar-refractivity contribution in [3.63, 3.8) is 0 Å². The highest BCUT2D eigenvalue weighted by molar-refractivity contribution is 5.83. The third-order valence-electron chi connectivity index (χ3n) is 7.54. The second-order valence-electron chi connectivity index (χ2n) is 10.5. The van der Waals surface area contributed by atoms with Crippen molar-refractivity contribution in [2.45, 2.75) is 57.3 Å². The van der Waals surface area contributed by atoms with Gasteiger partial charge in [-0.2, -0.15) is 0 Å². The minimum absolute atomic E-state index is 0.0236. The van der Waals surface area contributed by atoms with Gasteiger partial charge in [-0.25, -0.2) is 19.7 Å². The van der Waals surface area contributed by atoms with E-state index in [4.69, 9.17) is 15.2 Å². The number of nitro benzene ring substituents is 1. The molecule has 2 aliphatic rings. The van der Waals surface area contributed by atoms with E-state index < -0.39 is 41.5 Å². The second kappa shape index (κ2) is 13.2. The van der Waals surface area contributed by atoms with Crippen LogP contribution < -0.4 is 11.1 Å². The number of aromatic nitrogens is 4. The minimum Gasteiger partial charge on any atom is -0.445 e. The topological polar surface area (TPSA) is 221 Å². The standard InChI is InChI=1S/C28H32N8O8/c1-2-30-26(39)23-21(37)22(38)27(44-23)35-15-31-20-24(29)32-19(33-25(20)35)5-3-4-16-10-12-34(13-11-16)28(40)43-14-17-6-8-18(9-7-17)36(41)42/h6-9,15-16,21-23,27,37-38H,2,4,10-14H2,1H3,(H,30,39)(H2,29,32,33)/t21-,22+,23?,27?/m1/s1. The van der Waals surface area contributed by atoms with Crippen LogP contribution in [0.1, 0.15) is 43.8 Å². The zero-order chi connectivity index (χ0) is 31.4. The molecule has 0 bridgehead atoms. The first-order valence-corrected chi connectivity index (χ1v) is 14.1. The summed E-state index contributed by atoms with van der Waals surface area (Å²) >= 11 is 0. The number of carbonyl (C=O) groups excluding carboxylic acids is 2. The summed E-state index contributed by atoms with van der Waals surface area (Å²) in [5.41, 5.74) is 7.22. The van der Waals surface area contributed by atoms with Crippen LogP contribution >= 0.6 is 0 Å². The fraction of sp³-hybridized carbons (Fsp3) is 0.464. The number of nitro groups is 1. The van der Waals surface area contributed by atoms with Gasteiger partial charge in [-0.15, -0.1) is 0 Å². The van der Waals surface area contributed by atoms with Crippen LogP contribution in [0.25, 0.3) is 11.2 Å². The highest BCUT2D eigenvalue weighted by Gasteiger charge is 2.47. The second-order valence-corrected chi connectivity index (χ2v) is 10.5. The van der Waals surface area contributed by atoms with Crippen LogP contribution in [0.4, 0.5) is 16.3 Å². The molecule has 16 nitrogen and oxygen atoms in total. The number of likely N-dealkylation sites (N-methyl/N-ethyl adjacent to an activating group) is 1. The number of anilines is 1. The number of aliphatic hydroxyl groups is 2. The number of fused-ring (bicyclic) bond motifs is 1. The van der Waals surface area contributed by atoms with Crippen molar-refractivity contribution >= 4 is 34.7 Å². The van der Waals surface area contributed by atoms with Gasteiger partial charge in [0.2, 0.25) is 5.82 Å². The minimum atomic E-state index is -1.45. The van der Waals surface area contributed by atoms with Gasteiger partial charge in [0.15, 0.2) is 23.8 Å². The first-order chi connectivity index (χ1) is 21.2. The molecular weight excluding hydrogens is 576 g/mol. The van der Waals surface area contributed by atoms with Crippen LogP contribution in [0.5, 0.6) is 0 Å². The fourth-order valence-electron chi connectivity index (χ4n) is 5.11. The van der Waals surface area contributed by atoms with Crippen LogP contribution in [0.3, 0.4) is 0 Å². The summed E-state index contributed by atoms with van der Waals surface area (Å²) in [6.45, 7) is 3.10. The first kappa shape index (κ1) is 30.6. The van der Waals surface area contributed by atoms with Crippen LogP contribution in [0, 0.1) is 27.9 Å². The number of benzene rings is 1. The Morgan fingerprint density at radius 2 is 1.93 bits per heavy atom. The van der Waals surface area contributed by atoms with E-state index in [0.29, 0.717) is 31.6 Å². The lowest BCUT2D eigenvalue weighted by molar-refractivity contribution is -0.384. The third-order valence-corrected chi connectivity index (χ3v) is 7.54. The lowest BCUT2D eigenvalue weighted by Gasteiger charge is -2.30. The smallest absolute Gasteiger partial charge is 0.410 e. The molecule has 0 saturated carbocycles. The Morgan fingerprint density at radius 3 is 2.61 bits per heavy atom. The number of carbonyl (C=O) groups is 2. The molecule has 2 fully saturated rings. The van der Waals surface area contributed by atoms with E-state index in [2.05, 4.69) is 32.1 Å². The molecule has 1 aromatic carbocycles. The molecule has 16 heteroatoms. The first-order valence-electron chi connectivity index (χ1n) is 14.1. The number of nitrogens with one attached hydrogen (secondary N) is 1. The number of hydrogen-bond donors (Lipinski definition) is 4. The van der Waals surface area contributed by atoms with Crippen molar-refractivity contribution < 1.29 is 34.2 Å². The average molecular weight is 609 g/mol. The number of hydrogen-bond acceptors (Lipinski definition) is 12. The van der Waals surface area contributed by atoms with Gasteiger partial charge >= 0.3 is 6.09 Å². The maximum absolute atomic E-state index is 12.5. The predicted octanol–water partition coefficient (Wildman–Crippen LogP) is 0.862. The summed E-state index contributed by atoms with van der Waals surface area (Å²) in [7, 11) is 0. The molecule has 3 aromatic rings. The summed E-state index contributed by atoms with van der Waals surface area (Å²) in [4.78, 5) is 49.5. The molecule has 0 radical (unpaired) electrons. The molecule has 0 spiro atoms. The summed E-state index contributed by atoms with van der Waals surface area (Å²) in [5, 5.41) is 34.3. The van der Waals surface area contributed by atoms with E-state index in [1.54, 1.807) is 24.0 Å². The van der Waals surface area contributed by atoms with Gasteiger partial charge in [-0.3, -0.25) is 19.5 Å². The summed E-state index contributed by atoms with van der Waals surface area (Å²) in [6, 6.07) is 5.84. The zero-order valence-electron chi connectivity index (χ0n) is 23.8. The number of aliphatic hydroxyl groups excluding tert-OH is 2. The third kappa shape index (κ3) is 6.54. The molecule has 2 aromatic heterocycles. The molecule has 0 aliphatic carbocycles. The number of amides is 2. The SMILES string of the molecule is CCNC(=O)C1OC(n2cnc3c(N)nc(C#CCC4CCN(C(=O)OCc5ccc([N+](=O)[O-])cc5)CC4)nc32)[C@@H](O)[C@H]1O. The molecule has 5 rings (SSSR count). The number of nitrogens with zero attached hydrogens (tertiary/aromatic N) is 6. The van der Waals surface area contributed by atoms with Gasteiger partial charge in [0.1, 0.15) is 24.3 Å². The maximum Gasteiger partial charge on any atom is 0.410 e. The maximum atomic E-state index is 12.5. The number of nitrogens with two attached hydrogens (primary N) is 1. The van der Waals surface area contributed by atoms with Crippen molar-refractivity contribution in [3.8, 4) is 11.8 Å². The molecular formula is C28H32N8O8. The monoisotopic (exact) mass is 608 g/mol. The quantitative estimate of drug-likeness (QED) is 0.167. The number of rotatable bonds is 7.